The number of imide groups is 2. The first-order chi connectivity index (χ1) is 14.6. The van der Waals surface area contributed by atoms with Gasteiger partial charge in [0.15, 0.2) is 0 Å². The topological polar surface area (TPSA) is 170 Å². The van der Waals surface area contributed by atoms with Gasteiger partial charge in [-0.2, -0.15) is 4.31 Å². The molecule has 0 spiro atoms. The van der Waals surface area contributed by atoms with Gasteiger partial charge >= 0.3 is 0 Å². The predicted octanol–water partition coefficient (Wildman–Crippen LogP) is -2.90. The molecule has 0 atom stereocenters. The smallest absolute Gasteiger partial charge is 0.249 e. The minimum Gasteiger partial charge on any atom is -0.327 e. The standard InChI is InChI=1S/C17H17N5O8S/c23-10-20-8-16(27)22(17(28)9-20)7-15(26)18-11-1-3-12(4-2-11)31(29,30)21-5-13(24)19-14(25)6-21/h1-4,10H,5-9H2,(H,18,26)(H,19,24,25). The minimum atomic E-state index is -4.11. The highest BCUT2D eigenvalue weighted by atomic mass is 32.2. The lowest BCUT2D eigenvalue weighted by atomic mass is 10.3. The molecule has 1 aromatic carbocycles. The molecule has 0 unspecified atom stereocenters. The molecule has 2 aliphatic heterocycles. The number of piperazine rings is 2. The number of nitrogens with zero attached hydrogens (tertiary/aromatic N) is 3. The monoisotopic (exact) mass is 451 g/mol. The molecule has 13 nitrogen and oxygen atoms in total. The van der Waals surface area contributed by atoms with Crippen LogP contribution in [-0.4, -0.2) is 91.2 Å². The summed E-state index contributed by atoms with van der Waals surface area (Å²) in [4.78, 5) is 71.1. The van der Waals surface area contributed by atoms with Gasteiger partial charge in [-0.3, -0.25) is 39.0 Å². The fourth-order valence-electron chi connectivity index (χ4n) is 2.95. The summed E-state index contributed by atoms with van der Waals surface area (Å²) >= 11 is 0. The van der Waals surface area contributed by atoms with Crippen LogP contribution < -0.4 is 10.6 Å². The molecule has 0 bridgehead atoms. The molecule has 0 aromatic heterocycles. The number of amides is 6. The summed E-state index contributed by atoms with van der Waals surface area (Å²) in [5.74, 6) is -3.56. The number of sulfonamides is 1. The number of carbonyl (C=O) groups excluding carboxylic acids is 6. The minimum absolute atomic E-state index is 0.191. The molecule has 2 fully saturated rings. The first-order valence-electron chi connectivity index (χ1n) is 8.85. The number of hydrogen-bond donors (Lipinski definition) is 2. The van der Waals surface area contributed by atoms with Crippen LogP contribution in [0.1, 0.15) is 0 Å². The number of anilines is 1. The van der Waals surface area contributed by atoms with Crippen LogP contribution >= 0.6 is 0 Å². The van der Waals surface area contributed by atoms with Crippen LogP contribution in [0.3, 0.4) is 0 Å². The molecule has 0 aliphatic carbocycles. The summed E-state index contributed by atoms with van der Waals surface area (Å²) in [6.07, 6.45) is 0.370. The van der Waals surface area contributed by atoms with E-state index < -0.39 is 59.2 Å². The second-order valence-corrected chi connectivity index (χ2v) is 8.64. The van der Waals surface area contributed by atoms with E-state index in [0.29, 0.717) is 6.41 Å². The van der Waals surface area contributed by atoms with Crippen LogP contribution in [0.15, 0.2) is 29.2 Å². The normalized spacial score (nSPS) is 18.1. The summed E-state index contributed by atoms with van der Waals surface area (Å²) in [5, 5.41) is 4.44. The summed E-state index contributed by atoms with van der Waals surface area (Å²) in [6.45, 7) is -2.18. The van der Waals surface area contributed by atoms with E-state index in [2.05, 4.69) is 5.32 Å². The molecule has 2 saturated heterocycles. The van der Waals surface area contributed by atoms with Crippen molar-refractivity contribution in [2.24, 2.45) is 0 Å². The molecule has 164 valence electrons. The first kappa shape index (κ1) is 22.0. The van der Waals surface area contributed by atoms with Crippen molar-refractivity contribution in [1.82, 2.24) is 19.4 Å². The highest BCUT2D eigenvalue weighted by Crippen LogP contribution is 2.19. The van der Waals surface area contributed by atoms with Gasteiger partial charge < -0.3 is 10.2 Å². The van der Waals surface area contributed by atoms with Crippen LogP contribution in [0.25, 0.3) is 0 Å². The Hall–Kier alpha value is -3.65. The van der Waals surface area contributed by atoms with Crippen molar-refractivity contribution in [3.8, 4) is 0 Å². The van der Waals surface area contributed by atoms with Gasteiger partial charge in [0.25, 0.3) is 0 Å². The molecule has 3 rings (SSSR count). The maximum atomic E-state index is 12.6. The van der Waals surface area contributed by atoms with E-state index in [1.165, 1.54) is 24.3 Å². The van der Waals surface area contributed by atoms with Crippen LogP contribution in [0.4, 0.5) is 5.69 Å². The molecular formula is C17H17N5O8S. The second kappa shape index (κ2) is 8.61. The van der Waals surface area contributed by atoms with E-state index in [4.69, 9.17) is 0 Å². The molecule has 14 heteroatoms. The lowest BCUT2D eigenvalue weighted by molar-refractivity contribution is -0.155. The van der Waals surface area contributed by atoms with Crippen LogP contribution in [0, 0.1) is 0 Å². The zero-order valence-corrected chi connectivity index (χ0v) is 16.8. The molecule has 0 radical (unpaired) electrons. The fraction of sp³-hybridized carbons (Fsp3) is 0.294. The van der Waals surface area contributed by atoms with Crippen LogP contribution in [-0.2, 0) is 38.8 Å². The number of benzene rings is 1. The maximum Gasteiger partial charge on any atom is 0.249 e. The second-order valence-electron chi connectivity index (χ2n) is 6.70. The van der Waals surface area contributed by atoms with E-state index in [-0.39, 0.29) is 23.7 Å². The third-order valence-electron chi connectivity index (χ3n) is 4.42. The van der Waals surface area contributed by atoms with Crippen molar-refractivity contribution >= 4 is 51.7 Å². The molecular weight excluding hydrogens is 434 g/mol. The molecule has 2 aliphatic rings. The lowest BCUT2D eigenvalue weighted by Crippen LogP contribution is -2.55. The van der Waals surface area contributed by atoms with Crippen LogP contribution in [0.2, 0.25) is 0 Å². The van der Waals surface area contributed by atoms with Gasteiger partial charge in [0, 0.05) is 5.69 Å². The average Bonchev–Trinajstić information content (AvgIpc) is 2.70. The number of nitrogens with one attached hydrogen (secondary N) is 2. The highest BCUT2D eigenvalue weighted by molar-refractivity contribution is 7.89. The molecule has 0 saturated carbocycles. The summed E-state index contributed by atoms with van der Waals surface area (Å²) in [5.41, 5.74) is 0.197. The van der Waals surface area contributed by atoms with E-state index >= 15 is 0 Å². The Morgan fingerprint density at radius 2 is 1.52 bits per heavy atom. The van der Waals surface area contributed by atoms with E-state index in [0.717, 1.165) is 14.1 Å². The van der Waals surface area contributed by atoms with Gasteiger partial charge in [0.05, 0.1) is 18.0 Å². The van der Waals surface area contributed by atoms with Crippen molar-refractivity contribution in [3.05, 3.63) is 24.3 Å². The predicted molar refractivity (Wildman–Crippen MR) is 101 cm³/mol. The largest absolute Gasteiger partial charge is 0.327 e. The number of carbonyl (C=O) groups is 6. The Bertz CT molecular complexity index is 1030. The highest BCUT2D eigenvalue weighted by Gasteiger charge is 2.33. The zero-order valence-electron chi connectivity index (χ0n) is 15.9. The molecule has 1 aromatic rings. The Labute approximate surface area is 176 Å². The lowest BCUT2D eigenvalue weighted by Gasteiger charge is -2.29. The third kappa shape index (κ3) is 4.92. The van der Waals surface area contributed by atoms with Crippen molar-refractivity contribution in [1.29, 1.82) is 0 Å². The summed E-state index contributed by atoms with van der Waals surface area (Å²) in [7, 11) is -4.11. The van der Waals surface area contributed by atoms with Crippen molar-refractivity contribution in [2.45, 2.75) is 4.90 Å². The van der Waals surface area contributed by atoms with E-state index in [1.54, 1.807) is 0 Å². The molecule has 2 N–H and O–H groups in total. The first-order valence-corrected chi connectivity index (χ1v) is 10.3. The maximum absolute atomic E-state index is 12.6. The number of rotatable bonds is 6. The summed E-state index contributed by atoms with van der Waals surface area (Å²) in [6, 6.07) is 4.93. The SMILES string of the molecule is O=CN1CC(=O)N(CC(=O)Nc2ccc(S(=O)(=O)N3CC(=O)NC(=O)C3)cc2)C(=O)C1. The van der Waals surface area contributed by atoms with Gasteiger partial charge in [-0.25, -0.2) is 8.42 Å². The van der Waals surface area contributed by atoms with Gasteiger partial charge in [0.1, 0.15) is 19.6 Å². The van der Waals surface area contributed by atoms with Gasteiger partial charge in [-0.05, 0) is 24.3 Å². The Kier molecular flexibility index (Phi) is 6.12. The van der Waals surface area contributed by atoms with Gasteiger partial charge in [0.2, 0.25) is 46.0 Å². The summed E-state index contributed by atoms with van der Waals surface area (Å²) < 4.78 is 25.9. The molecule has 6 amide bonds. The van der Waals surface area contributed by atoms with E-state index in [9.17, 15) is 37.2 Å². The van der Waals surface area contributed by atoms with Gasteiger partial charge in [-0.1, -0.05) is 0 Å². The Morgan fingerprint density at radius 3 is 2.03 bits per heavy atom. The van der Waals surface area contributed by atoms with Crippen LogP contribution in [0.5, 0.6) is 0 Å². The quantitative estimate of drug-likeness (QED) is 0.343. The molecule has 2 heterocycles. The Balaban J connectivity index is 1.64. The third-order valence-corrected chi connectivity index (χ3v) is 6.23. The van der Waals surface area contributed by atoms with Crippen molar-refractivity contribution in [3.63, 3.8) is 0 Å². The number of hydrogen-bond acceptors (Lipinski definition) is 8. The van der Waals surface area contributed by atoms with Crippen molar-refractivity contribution < 1.29 is 37.2 Å². The van der Waals surface area contributed by atoms with E-state index in [1.807, 2.05) is 5.32 Å². The Morgan fingerprint density at radius 1 is 0.968 bits per heavy atom. The average molecular weight is 451 g/mol. The zero-order chi connectivity index (χ0) is 22.8. The van der Waals surface area contributed by atoms with Crippen molar-refractivity contribution in [2.75, 3.05) is 38.0 Å². The van der Waals surface area contributed by atoms with Gasteiger partial charge in [-0.15, -0.1) is 0 Å². The molecule has 31 heavy (non-hydrogen) atoms. The fourth-order valence-corrected chi connectivity index (χ4v) is 4.30.